The van der Waals surface area contributed by atoms with Crippen molar-refractivity contribution in [1.29, 1.82) is 0 Å². The highest BCUT2D eigenvalue weighted by Gasteiger charge is 2.21. The van der Waals surface area contributed by atoms with Gasteiger partial charge in [0.15, 0.2) is 9.84 Å². The van der Waals surface area contributed by atoms with Gasteiger partial charge in [-0.25, -0.2) is 13.4 Å². The molecule has 0 saturated carbocycles. The molecule has 0 aliphatic heterocycles. The van der Waals surface area contributed by atoms with E-state index in [-0.39, 0.29) is 0 Å². The van der Waals surface area contributed by atoms with E-state index in [1.807, 2.05) is 13.8 Å². The Hall–Kier alpha value is -0.420. The molecule has 0 unspecified atom stereocenters. The summed E-state index contributed by atoms with van der Waals surface area (Å²) in [4.78, 5) is 4.61. The van der Waals surface area contributed by atoms with E-state index in [1.54, 1.807) is 0 Å². The van der Waals surface area contributed by atoms with Gasteiger partial charge in [-0.2, -0.15) is 0 Å². The van der Waals surface area contributed by atoms with Gasteiger partial charge in [0, 0.05) is 11.9 Å². The molecule has 3 nitrogen and oxygen atoms in total. The Bertz CT molecular complexity index is 536. The van der Waals surface area contributed by atoms with Crippen LogP contribution in [0.15, 0.2) is 9.50 Å². The fourth-order valence-corrected chi connectivity index (χ4v) is 4.45. The second kappa shape index (κ2) is 5.06. The third-order valence-electron chi connectivity index (χ3n) is 2.67. The van der Waals surface area contributed by atoms with Crippen molar-refractivity contribution in [1.82, 2.24) is 4.98 Å². The van der Waals surface area contributed by atoms with Crippen LogP contribution in [0.3, 0.4) is 0 Å². The topological polar surface area (TPSA) is 47.0 Å². The Balaban J connectivity index is 3.55. The molecular weight excluding hydrogens is 302 g/mol. The van der Waals surface area contributed by atoms with Crippen LogP contribution in [-0.2, 0) is 16.3 Å². The molecule has 1 aromatic heterocycles. The molecule has 0 saturated heterocycles. The number of rotatable bonds is 3. The lowest BCUT2D eigenvalue weighted by Gasteiger charge is -2.15. The van der Waals surface area contributed by atoms with Crippen molar-refractivity contribution in [2.45, 2.75) is 39.0 Å². The van der Waals surface area contributed by atoms with Crippen LogP contribution in [0.5, 0.6) is 0 Å². The first-order chi connectivity index (χ1) is 7.64. The molecule has 0 N–H and O–H groups in total. The molecule has 0 aromatic carbocycles. The van der Waals surface area contributed by atoms with Crippen molar-refractivity contribution in [3.05, 3.63) is 21.4 Å². The summed E-state index contributed by atoms with van der Waals surface area (Å²) in [6, 6.07) is 0. The third kappa shape index (κ3) is 3.28. The van der Waals surface area contributed by atoms with Gasteiger partial charge in [-0.05, 0) is 53.2 Å². The minimum atomic E-state index is -3.25. The molecule has 0 radical (unpaired) electrons. The molecule has 17 heavy (non-hydrogen) atoms. The first-order valence-electron chi connectivity index (χ1n) is 5.50. The Morgan fingerprint density at radius 2 is 1.82 bits per heavy atom. The average molecular weight is 320 g/mol. The molecule has 0 fully saturated rings. The zero-order chi connectivity index (χ0) is 13.4. The Labute approximate surface area is 112 Å². The van der Waals surface area contributed by atoms with Gasteiger partial charge in [-0.3, -0.25) is 0 Å². The van der Waals surface area contributed by atoms with Crippen LogP contribution in [-0.4, -0.2) is 19.7 Å². The molecule has 0 spiro atoms. The SMILES string of the molecule is Cc1nc(Br)c(S(C)(=O)=O)c(C)c1CC(C)C. The largest absolute Gasteiger partial charge is 0.245 e. The fourth-order valence-electron chi connectivity index (χ4n) is 1.97. The smallest absolute Gasteiger partial charge is 0.178 e. The Morgan fingerprint density at radius 1 is 1.29 bits per heavy atom. The van der Waals surface area contributed by atoms with Crippen LogP contribution in [0.4, 0.5) is 0 Å². The predicted molar refractivity (Wildman–Crippen MR) is 73.1 cm³/mol. The normalized spacial score (nSPS) is 12.2. The first kappa shape index (κ1) is 14.6. The van der Waals surface area contributed by atoms with E-state index in [1.165, 1.54) is 6.26 Å². The summed E-state index contributed by atoms with van der Waals surface area (Å²) >= 11 is 3.24. The number of sulfone groups is 1. The summed E-state index contributed by atoms with van der Waals surface area (Å²) in [5, 5.41) is 0. The summed E-state index contributed by atoms with van der Waals surface area (Å²) < 4.78 is 23.9. The summed E-state index contributed by atoms with van der Waals surface area (Å²) in [5.41, 5.74) is 2.76. The highest BCUT2D eigenvalue weighted by atomic mass is 79.9. The van der Waals surface area contributed by atoms with E-state index in [0.29, 0.717) is 15.4 Å². The van der Waals surface area contributed by atoms with Crippen molar-refractivity contribution >= 4 is 25.8 Å². The van der Waals surface area contributed by atoms with Crippen LogP contribution in [0.1, 0.15) is 30.7 Å². The molecule has 1 aromatic rings. The van der Waals surface area contributed by atoms with Crippen LogP contribution in [0.2, 0.25) is 0 Å². The molecular formula is C12H18BrNO2S. The highest BCUT2D eigenvalue weighted by Crippen LogP contribution is 2.29. The van der Waals surface area contributed by atoms with Gasteiger partial charge in [-0.1, -0.05) is 13.8 Å². The summed E-state index contributed by atoms with van der Waals surface area (Å²) in [7, 11) is -3.25. The van der Waals surface area contributed by atoms with Crippen molar-refractivity contribution in [2.75, 3.05) is 6.26 Å². The molecule has 0 aliphatic carbocycles. The minimum Gasteiger partial charge on any atom is -0.245 e. The van der Waals surface area contributed by atoms with E-state index >= 15 is 0 Å². The van der Waals surface area contributed by atoms with Crippen LogP contribution < -0.4 is 0 Å². The van der Waals surface area contributed by atoms with Gasteiger partial charge >= 0.3 is 0 Å². The van der Waals surface area contributed by atoms with E-state index in [9.17, 15) is 8.42 Å². The number of halogens is 1. The second-order valence-electron chi connectivity index (χ2n) is 4.79. The number of pyridine rings is 1. The van der Waals surface area contributed by atoms with Crippen LogP contribution >= 0.6 is 15.9 Å². The zero-order valence-electron chi connectivity index (χ0n) is 10.8. The molecule has 5 heteroatoms. The van der Waals surface area contributed by atoms with Gasteiger partial charge in [0.2, 0.25) is 0 Å². The number of aryl methyl sites for hydroxylation is 1. The predicted octanol–water partition coefficient (Wildman–Crippen LogP) is 3.06. The Kier molecular flexibility index (Phi) is 4.36. The average Bonchev–Trinajstić information content (AvgIpc) is 2.08. The summed E-state index contributed by atoms with van der Waals surface area (Å²) in [6.07, 6.45) is 2.07. The van der Waals surface area contributed by atoms with Gasteiger partial charge in [0.05, 0.1) is 0 Å². The summed E-state index contributed by atoms with van der Waals surface area (Å²) in [6.45, 7) is 8.00. The monoisotopic (exact) mass is 319 g/mol. The van der Waals surface area contributed by atoms with Gasteiger partial charge in [0.1, 0.15) is 9.50 Å². The van der Waals surface area contributed by atoms with Crippen molar-refractivity contribution < 1.29 is 8.42 Å². The molecule has 0 amide bonds. The first-order valence-corrected chi connectivity index (χ1v) is 8.18. The lowest BCUT2D eigenvalue weighted by atomic mass is 9.98. The molecule has 1 heterocycles. The van der Waals surface area contributed by atoms with Crippen LogP contribution in [0, 0.1) is 19.8 Å². The van der Waals surface area contributed by atoms with Crippen molar-refractivity contribution in [2.24, 2.45) is 5.92 Å². The lowest BCUT2D eigenvalue weighted by molar-refractivity contribution is 0.597. The molecule has 96 valence electrons. The molecule has 0 aliphatic rings. The Morgan fingerprint density at radius 3 is 2.24 bits per heavy atom. The third-order valence-corrected chi connectivity index (χ3v) is 4.74. The number of nitrogens with zero attached hydrogens (tertiary/aromatic N) is 1. The van der Waals surface area contributed by atoms with Crippen molar-refractivity contribution in [3.8, 4) is 0 Å². The van der Waals surface area contributed by atoms with E-state index in [0.717, 1.165) is 23.2 Å². The maximum atomic E-state index is 11.8. The molecule has 0 atom stereocenters. The minimum absolute atomic E-state index is 0.318. The number of hydrogen-bond acceptors (Lipinski definition) is 3. The summed E-state index contributed by atoms with van der Waals surface area (Å²) in [5.74, 6) is 0.475. The maximum absolute atomic E-state index is 11.8. The highest BCUT2D eigenvalue weighted by molar-refractivity contribution is 9.10. The van der Waals surface area contributed by atoms with E-state index in [2.05, 4.69) is 34.8 Å². The van der Waals surface area contributed by atoms with E-state index < -0.39 is 9.84 Å². The van der Waals surface area contributed by atoms with Crippen molar-refractivity contribution in [3.63, 3.8) is 0 Å². The van der Waals surface area contributed by atoms with Gasteiger partial charge in [-0.15, -0.1) is 0 Å². The van der Waals surface area contributed by atoms with Crippen LogP contribution in [0.25, 0.3) is 0 Å². The van der Waals surface area contributed by atoms with Gasteiger partial charge < -0.3 is 0 Å². The fraction of sp³-hybridized carbons (Fsp3) is 0.583. The van der Waals surface area contributed by atoms with Gasteiger partial charge in [0.25, 0.3) is 0 Å². The quantitative estimate of drug-likeness (QED) is 0.804. The zero-order valence-corrected chi connectivity index (χ0v) is 13.2. The standard InChI is InChI=1S/C12H18BrNO2S/c1-7(2)6-10-8(3)11(17(5,15)16)12(13)14-9(10)4/h7H,6H2,1-5H3. The van der Waals surface area contributed by atoms with E-state index in [4.69, 9.17) is 0 Å². The number of hydrogen-bond donors (Lipinski definition) is 0. The molecule has 1 rings (SSSR count). The number of aromatic nitrogens is 1. The second-order valence-corrected chi connectivity index (χ2v) is 7.49. The lowest BCUT2D eigenvalue weighted by Crippen LogP contribution is -2.10. The maximum Gasteiger partial charge on any atom is 0.178 e. The molecule has 0 bridgehead atoms.